The highest BCUT2D eigenvalue weighted by molar-refractivity contribution is 5.97. The molecule has 60 valence electrons. The van der Waals surface area contributed by atoms with Gasteiger partial charge in [0.05, 0.1) is 0 Å². The van der Waals surface area contributed by atoms with Crippen LogP contribution in [0.5, 0.6) is 0 Å². The van der Waals surface area contributed by atoms with Gasteiger partial charge < -0.3 is 4.43 Å². The fourth-order valence-corrected chi connectivity index (χ4v) is 1.28. The molecule has 0 unspecified atom stereocenters. The summed E-state index contributed by atoms with van der Waals surface area (Å²) < 4.78 is 4.83. The van der Waals surface area contributed by atoms with Gasteiger partial charge in [-0.15, -0.1) is 0 Å². The molecule has 1 nitrogen and oxygen atoms in total. The third kappa shape index (κ3) is 2.17. The molecule has 0 fully saturated rings. The van der Waals surface area contributed by atoms with Crippen LogP contribution >= 0.6 is 0 Å². The van der Waals surface area contributed by atoms with Crippen LogP contribution in [0.1, 0.15) is 13.3 Å². The monoisotopic (exact) mass is 166 g/mol. The topological polar surface area (TPSA) is 9.23 Å². The molecule has 2 aliphatic rings. The zero-order valence-electron chi connectivity index (χ0n) is 7.13. The number of fused-ring (bicyclic) bond motifs is 1. The van der Waals surface area contributed by atoms with E-state index in [1.807, 2.05) is 0 Å². The van der Waals surface area contributed by atoms with Crippen molar-refractivity contribution in [1.82, 2.24) is 0 Å². The zero-order valence-corrected chi connectivity index (χ0v) is 9.13. The van der Waals surface area contributed by atoms with Gasteiger partial charge in [-0.2, -0.15) is 0 Å². The van der Waals surface area contributed by atoms with Gasteiger partial charge in [-0.1, -0.05) is 31.2 Å². The van der Waals surface area contributed by atoms with Crippen molar-refractivity contribution in [2.75, 3.05) is 6.61 Å². The van der Waals surface area contributed by atoms with Gasteiger partial charge >= 0.3 is 0 Å². The second-order valence-corrected chi connectivity index (χ2v) is 3.15. The lowest BCUT2D eigenvalue weighted by atomic mass is 9.95. The number of hydrogen-bond acceptors (Lipinski definition) is 1. The van der Waals surface area contributed by atoms with Crippen LogP contribution in [0, 0.1) is 0 Å². The maximum absolute atomic E-state index is 4.83. The Kier molecular flexibility index (Phi) is 3.33. The van der Waals surface area contributed by atoms with E-state index in [0.29, 0.717) is 0 Å². The van der Waals surface area contributed by atoms with Crippen LogP contribution in [-0.4, -0.2) is 17.1 Å². The molecule has 0 heterocycles. The molecule has 2 heteroatoms. The lowest BCUT2D eigenvalue weighted by Gasteiger charge is -2.10. The minimum absolute atomic E-state index is 0.899. The Hall–Kier alpha value is -0.603. The summed E-state index contributed by atoms with van der Waals surface area (Å²) in [7, 11) is 0.899. The van der Waals surface area contributed by atoms with E-state index in [9.17, 15) is 0 Å². The third-order valence-electron chi connectivity index (χ3n) is 1.63. The van der Waals surface area contributed by atoms with Gasteiger partial charge in [-0.3, -0.25) is 0 Å². The lowest BCUT2D eigenvalue weighted by molar-refractivity contribution is 0.349. The number of hydrogen-bond donors (Lipinski definition) is 0. The largest absolute Gasteiger partial charge is 0.428 e. The smallest absolute Gasteiger partial charge is 0.145 e. The molecular formula is C9H14OSi. The minimum atomic E-state index is 0.899. The predicted octanol–water partition coefficient (Wildman–Crippen LogP) is 1.36. The minimum Gasteiger partial charge on any atom is -0.428 e. The molecule has 11 heavy (non-hydrogen) atoms. The molecule has 2 aliphatic carbocycles. The van der Waals surface area contributed by atoms with Crippen LogP contribution in [0.4, 0.5) is 0 Å². The van der Waals surface area contributed by atoms with Crippen molar-refractivity contribution in [1.29, 1.82) is 0 Å². The van der Waals surface area contributed by atoms with Crippen molar-refractivity contribution in [3.8, 4) is 11.1 Å². The van der Waals surface area contributed by atoms with Crippen molar-refractivity contribution in [3.63, 3.8) is 0 Å². The number of rotatable bonds is 2. The summed E-state index contributed by atoms with van der Waals surface area (Å²) in [5.74, 6) is 0. The van der Waals surface area contributed by atoms with Gasteiger partial charge in [0.15, 0.2) is 0 Å². The molecule has 0 atom stereocenters. The Balaban J connectivity index is 0.000000114. The summed E-state index contributed by atoms with van der Waals surface area (Å²) in [5.41, 5.74) is 2.85. The normalized spacial score (nSPS) is 10.3. The van der Waals surface area contributed by atoms with E-state index >= 15 is 0 Å². The first kappa shape index (κ1) is 8.49. The summed E-state index contributed by atoms with van der Waals surface area (Å²) in [6, 6.07) is 8.48. The predicted molar refractivity (Wildman–Crippen MR) is 51.6 cm³/mol. The summed E-state index contributed by atoms with van der Waals surface area (Å²) >= 11 is 0. The summed E-state index contributed by atoms with van der Waals surface area (Å²) in [5, 5.41) is 0. The Morgan fingerprint density at radius 3 is 1.64 bits per heavy atom. The van der Waals surface area contributed by atoms with Crippen LogP contribution in [0.25, 0.3) is 11.1 Å². The molecule has 0 aromatic carbocycles. The molecule has 0 spiro atoms. The van der Waals surface area contributed by atoms with Crippen molar-refractivity contribution < 1.29 is 4.43 Å². The van der Waals surface area contributed by atoms with E-state index in [2.05, 4.69) is 31.2 Å². The second kappa shape index (κ2) is 4.31. The first-order valence-electron chi connectivity index (χ1n) is 3.98. The van der Waals surface area contributed by atoms with Crippen LogP contribution in [0.3, 0.4) is 0 Å². The highest BCUT2D eigenvalue weighted by atomic mass is 28.2. The molecule has 0 N–H and O–H groups in total. The fraction of sp³-hybridized carbons (Fsp3) is 0.333. The summed E-state index contributed by atoms with van der Waals surface area (Å²) in [6.07, 6.45) is 1.16. The molecule has 0 saturated heterocycles. The van der Waals surface area contributed by atoms with Gasteiger partial charge in [0.25, 0.3) is 0 Å². The molecule has 2 rings (SSSR count). The Bertz CT molecular complexity index is 182. The van der Waals surface area contributed by atoms with Crippen LogP contribution < -0.4 is 0 Å². The Morgan fingerprint density at radius 2 is 1.64 bits per heavy atom. The van der Waals surface area contributed by atoms with Crippen LogP contribution in [0.15, 0.2) is 24.3 Å². The first-order valence-corrected chi connectivity index (χ1v) is 4.79. The highest BCUT2D eigenvalue weighted by Gasteiger charge is 2.03. The molecule has 0 radical (unpaired) electrons. The molecule has 0 amide bonds. The lowest BCUT2D eigenvalue weighted by Crippen LogP contribution is -1.85. The van der Waals surface area contributed by atoms with Crippen molar-refractivity contribution >= 4 is 10.5 Å². The molecule has 0 aromatic heterocycles. The van der Waals surface area contributed by atoms with Crippen molar-refractivity contribution in [2.45, 2.75) is 13.3 Å². The average Bonchev–Trinajstić information content (AvgIpc) is 2.00. The first-order chi connectivity index (χ1) is 5.38. The molecule has 0 aromatic rings. The van der Waals surface area contributed by atoms with E-state index in [0.717, 1.165) is 23.5 Å². The van der Waals surface area contributed by atoms with Gasteiger partial charge in [0, 0.05) is 6.61 Å². The molecule has 0 saturated carbocycles. The van der Waals surface area contributed by atoms with Crippen molar-refractivity contribution in [3.05, 3.63) is 24.3 Å². The molecule has 0 aliphatic heterocycles. The fourth-order valence-electron chi connectivity index (χ4n) is 0.867. The SMILES string of the molecule is CCCO[SiH3].c1cc2ccc1-2. The Morgan fingerprint density at radius 1 is 1.18 bits per heavy atom. The van der Waals surface area contributed by atoms with Gasteiger partial charge in [0.2, 0.25) is 0 Å². The van der Waals surface area contributed by atoms with E-state index in [4.69, 9.17) is 4.43 Å². The highest BCUT2D eigenvalue weighted by Crippen LogP contribution is 2.29. The maximum atomic E-state index is 4.83. The van der Waals surface area contributed by atoms with Crippen LogP contribution in [-0.2, 0) is 4.43 Å². The second-order valence-electron chi connectivity index (χ2n) is 2.57. The van der Waals surface area contributed by atoms with Crippen molar-refractivity contribution in [2.24, 2.45) is 0 Å². The van der Waals surface area contributed by atoms with E-state index in [-0.39, 0.29) is 0 Å². The standard InChI is InChI=1S/C6H4.C3H10OSi/c1-2-6-4-3-5(1)6;1-2-3-4-5/h1-4H;2-3H2,1,5H3. The number of benzene rings is 1. The van der Waals surface area contributed by atoms with E-state index < -0.39 is 0 Å². The maximum Gasteiger partial charge on any atom is 0.145 e. The zero-order chi connectivity index (χ0) is 8.10. The molecular weight excluding hydrogens is 152 g/mol. The van der Waals surface area contributed by atoms with Gasteiger partial charge in [0.1, 0.15) is 10.5 Å². The molecule has 0 bridgehead atoms. The Labute approximate surface area is 70.9 Å². The third-order valence-corrected chi connectivity index (χ3v) is 2.03. The van der Waals surface area contributed by atoms with Gasteiger partial charge in [-0.05, 0) is 17.5 Å². The van der Waals surface area contributed by atoms with E-state index in [1.165, 1.54) is 11.1 Å². The van der Waals surface area contributed by atoms with Gasteiger partial charge in [-0.25, -0.2) is 0 Å². The average molecular weight is 166 g/mol. The summed E-state index contributed by atoms with van der Waals surface area (Å²) in [4.78, 5) is 0. The summed E-state index contributed by atoms with van der Waals surface area (Å²) in [6.45, 7) is 3.06. The van der Waals surface area contributed by atoms with Crippen LogP contribution in [0.2, 0.25) is 0 Å². The quantitative estimate of drug-likeness (QED) is 0.612. The van der Waals surface area contributed by atoms with E-state index in [1.54, 1.807) is 0 Å².